The average molecular weight is 919 g/mol. The van der Waals surface area contributed by atoms with Gasteiger partial charge in [0.1, 0.15) is 12.2 Å². The Kier molecular flexibility index (Phi) is 13.0. The summed E-state index contributed by atoms with van der Waals surface area (Å²) in [6, 6.07) is 82.0. The van der Waals surface area contributed by atoms with Gasteiger partial charge >= 0.3 is 0 Å². The summed E-state index contributed by atoms with van der Waals surface area (Å²) in [6.07, 6.45) is 7.70. The summed E-state index contributed by atoms with van der Waals surface area (Å²) >= 11 is 0. The Morgan fingerprint density at radius 3 is 0.871 bits per heavy atom. The molecule has 3 aliphatic heterocycles. The van der Waals surface area contributed by atoms with Gasteiger partial charge in [0.25, 0.3) is 0 Å². The van der Waals surface area contributed by atoms with E-state index in [9.17, 15) is 0 Å². The molecule has 0 bridgehead atoms. The van der Waals surface area contributed by atoms with Crippen LogP contribution in [0.3, 0.4) is 0 Å². The Morgan fingerprint density at radius 1 is 0.357 bits per heavy atom. The van der Waals surface area contributed by atoms with E-state index in [4.69, 9.17) is 9.47 Å². The van der Waals surface area contributed by atoms with E-state index in [0.29, 0.717) is 0 Å². The SMILES string of the molecule is CCCCC1(CCCC)O[C@@H]2[C@@H](O1)C(c1ccc(-c3ccccc3)cc1)(c1ccc(-c3ccccc3)cc1)C[N+]1(CCCC1)CC2(c1ccc(-c2ccccc2)cc1)c1ccc(-c2ccccc2)cc1. The third-order valence-corrected chi connectivity index (χ3v) is 16.5. The molecule has 0 aromatic heterocycles. The molecule has 70 heavy (non-hydrogen) atoms. The smallest absolute Gasteiger partial charge is 0.169 e. The van der Waals surface area contributed by atoms with Gasteiger partial charge in [0.2, 0.25) is 0 Å². The summed E-state index contributed by atoms with van der Waals surface area (Å²) in [5.41, 5.74) is 13.9. The second-order valence-electron chi connectivity index (χ2n) is 20.7. The number of quaternary nitrogens is 1. The maximum absolute atomic E-state index is 8.25. The number of ether oxygens (including phenoxy) is 2. The van der Waals surface area contributed by atoms with E-state index >= 15 is 0 Å². The van der Waals surface area contributed by atoms with Gasteiger partial charge in [-0.05, 0) is 79.6 Å². The van der Waals surface area contributed by atoms with Crippen LogP contribution in [0.2, 0.25) is 0 Å². The van der Waals surface area contributed by atoms with Gasteiger partial charge in [-0.2, -0.15) is 0 Å². The molecule has 1 spiro atoms. The molecular formula is C67H68NO2+. The van der Waals surface area contributed by atoms with Crippen molar-refractivity contribution >= 4 is 0 Å². The van der Waals surface area contributed by atoms with Crippen molar-refractivity contribution in [2.45, 2.75) is 94.0 Å². The zero-order chi connectivity index (χ0) is 47.4. The van der Waals surface area contributed by atoms with Gasteiger partial charge < -0.3 is 14.0 Å². The monoisotopic (exact) mass is 919 g/mol. The highest BCUT2D eigenvalue weighted by atomic mass is 16.8. The van der Waals surface area contributed by atoms with E-state index in [2.05, 4.69) is 232 Å². The first-order valence-electron chi connectivity index (χ1n) is 26.3. The molecule has 3 heteroatoms. The first kappa shape index (κ1) is 46.0. The minimum absolute atomic E-state index is 0.327. The van der Waals surface area contributed by atoms with Crippen LogP contribution in [0.4, 0.5) is 0 Å². The molecule has 3 aliphatic rings. The maximum Gasteiger partial charge on any atom is 0.169 e. The maximum atomic E-state index is 8.25. The number of hydrogen-bond acceptors (Lipinski definition) is 2. The number of fused-ring (bicyclic) bond motifs is 1. The molecule has 0 saturated carbocycles. The Hall–Kier alpha value is -6.36. The van der Waals surface area contributed by atoms with Crippen LogP contribution in [-0.2, 0) is 20.3 Å². The summed E-state index contributed by atoms with van der Waals surface area (Å²) in [5, 5.41) is 0. The first-order valence-corrected chi connectivity index (χ1v) is 26.3. The minimum atomic E-state index is -0.743. The lowest BCUT2D eigenvalue weighted by Gasteiger charge is -2.46. The van der Waals surface area contributed by atoms with Crippen molar-refractivity contribution in [3.8, 4) is 44.5 Å². The lowest BCUT2D eigenvalue weighted by atomic mass is 9.62. The molecule has 3 nitrogen and oxygen atoms in total. The molecule has 3 fully saturated rings. The Balaban J connectivity index is 1.19. The normalized spacial score (nSPS) is 19.6. The molecule has 11 rings (SSSR count). The van der Waals surface area contributed by atoms with Gasteiger partial charge in [0.05, 0.1) is 37.0 Å². The van der Waals surface area contributed by atoms with Gasteiger partial charge in [-0.1, -0.05) is 245 Å². The van der Waals surface area contributed by atoms with Crippen LogP contribution in [-0.4, -0.2) is 48.7 Å². The zero-order valence-electron chi connectivity index (χ0n) is 41.2. The Labute approximate surface area is 417 Å². The largest absolute Gasteiger partial charge is 0.342 e. The van der Waals surface area contributed by atoms with Crippen molar-refractivity contribution in [1.29, 1.82) is 0 Å². The average Bonchev–Trinajstić information content (AvgIpc) is 4.05. The Morgan fingerprint density at radius 2 is 0.614 bits per heavy atom. The molecule has 3 saturated heterocycles. The second-order valence-corrected chi connectivity index (χ2v) is 20.7. The van der Waals surface area contributed by atoms with E-state index in [1.54, 1.807) is 0 Å². The molecule has 3 heterocycles. The minimum Gasteiger partial charge on any atom is -0.342 e. The van der Waals surface area contributed by atoms with E-state index in [1.165, 1.54) is 79.6 Å². The predicted octanol–water partition coefficient (Wildman–Crippen LogP) is 16.1. The van der Waals surface area contributed by atoms with Crippen LogP contribution in [0.5, 0.6) is 0 Å². The number of nitrogens with zero attached hydrogens (tertiary/aromatic N) is 1. The molecule has 0 unspecified atom stereocenters. The molecule has 0 N–H and O–H groups in total. The standard InChI is InChI=1S/C67H68NO2/c1-3-5-45-65(46-6-4-2)69-63-64(70-65)67(61-41-33-57(34-42-61)53-25-15-9-16-26-53,62-43-35-58(36-44-62)54-27-17-10-18-28-54)50-68(47-19-20-48-68)49-66(63,59-37-29-55(30-38-59)51-21-11-7-12-22-51)60-39-31-56(32-40-60)52-23-13-8-14-24-52/h7-18,21-44,63-64H,3-6,19-20,45-50H2,1-2H3/q+1/t63-,64-/m1/s1. The highest BCUT2D eigenvalue weighted by molar-refractivity contribution is 5.68. The molecule has 8 aromatic rings. The van der Waals surface area contributed by atoms with Crippen LogP contribution in [0.15, 0.2) is 218 Å². The summed E-state index contributed by atoms with van der Waals surface area (Å²) in [6.45, 7) is 8.65. The fourth-order valence-corrected chi connectivity index (χ4v) is 12.9. The van der Waals surface area contributed by atoms with Crippen molar-refractivity contribution < 1.29 is 14.0 Å². The van der Waals surface area contributed by atoms with Gasteiger partial charge in [-0.3, -0.25) is 0 Å². The van der Waals surface area contributed by atoms with E-state index < -0.39 is 16.6 Å². The summed E-state index contributed by atoms with van der Waals surface area (Å²) < 4.78 is 17.5. The van der Waals surface area contributed by atoms with Crippen molar-refractivity contribution in [2.75, 3.05) is 26.2 Å². The van der Waals surface area contributed by atoms with E-state index in [0.717, 1.165) is 69.2 Å². The lowest BCUT2D eigenvalue weighted by Crippen LogP contribution is -2.59. The molecule has 0 aliphatic carbocycles. The fraction of sp³-hybridized carbons (Fsp3) is 0.284. The van der Waals surface area contributed by atoms with Crippen LogP contribution >= 0.6 is 0 Å². The topological polar surface area (TPSA) is 18.5 Å². The molecule has 0 radical (unpaired) electrons. The van der Waals surface area contributed by atoms with Gasteiger partial charge in [-0.25, -0.2) is 0 Å². The third kappa shape index (κ3) is 8.57. The quantitative estimate of drug-likeness (QED) is 0.101. The Bertz CT molecular complexity index is 2560. The third-order valence-electron chi connectivity index (χ3n) is 16.5. The number of benzene rings is 8. The van der Waals surface area contributed by atoms with Crippen molar-refractivity contribution in [1.82, 2.24) is 0 Å². The second kappa shape index (κ2) is 19.8. The molecule has 352 valence electrons. The van der Waals surface area contributed by atoms with Crippen LogP contribution in [0, 0.1) is 0 Å². The first-order chi connectivity index (χ1) is 34.5. The summed E-state index contributed by atoms with van der Waals surface area (Å²) in [4.78, 5) is 0. The highest BCUT2D eigenvalue weighted by Gasteiger charge is 2.69. The molecule has 2 atom stereocenters. The van der Waals surface area contributed by atoms with Crippen LogP contribution in [0.1, 0.15) is 87.5 Å². The van der Waals surface area contributed by atoms with Crippen LogP contribution < -0.4 is 0 Å². The van der Waals surface area contributed by atoms with Gasteiger partial charge in [0, 0.05) is 25.7 Å². The molecule has 0 amide bonds. The summed E-state index contributed by atoms with van der Waals surface area (Å²) in [5.74, 6) is -0.743. The molecule has 8 aromatic carbocycles. The van der Waals surface area contributed by atoms with Crippen molar-refractivity contribution in [3.05, 3.63) is 241 Å². The van der Waals surface area contributed by atoms with Crippen LogP contribution in [0.25, 0.3) is 44.5 Å². The number of unbranched alkanes of at least 4 members (excludes halogenated alkanes) is 2. The van der Waals surface area contributed by atoms with Crippen molar-refractivity contribution in [3.63, 3.8) is 0 Å². The van der Waals surface area contributed by atoms with Crippen molar-refractivity contribution in [2.24, 2.45) is 0 Å². The lowest BCUT2D eigenvalue weighted by molar-refractivity contribution is -0.922. The highest BCUT2D eigenvalue weighted by Crippen LogP contribution is 2.59. The zero-order valence-corrected chi connectivity index (χ0v) is 41.2. The predicted molar refractivity (Wildman–Crippen MR) is 290 cm³/mol. The van der Waals surface area contributed by atoms with E-state index in [1.807, 2.05) is 0 Å². The van der Waals surface area contributed by atoms with Gasteiger partial charge in [-0.15, -0.1) is 0 Å². The molecular weight excluding hydrogens is 851 g/mol. The number of hydrogen-bond donors (Lipinski definition) is 0. The summed E-state index contributed by atoms with van der Waals surface area (Å²) in [7, 11) is 0. The number of rotatable bonds is 14. The van der Waals surface area contributed by atoms with E-state index in [-0.39, 0.29) is 12.2 Å². The fourth-order valence-electron chi connectivity index (χ4n) is 12.9. The van der Waals surface area contributed by atoms with Gasteiger partial charge in [0.15, 0.2) is 5.79 Å².